The minimum Gasteiger partial charge on any atom is -0.366 e. The zero-order valence-electron chi connectivity index (χ0n) is 18.1. The number of amides is 1. The molecule has 8 nitrogen and oxygen atoms in total. The van der Waals surface area contributed by atoms with E-state index in [1.807, 2.05) is 24.3 Å². The Kier molecular flexibility index (Phi) is 5.07. The number of nitrogens with one attached hydrogen (secondary N) is 1. The lowest BCUT2D eigenvalue weighted by Gasteiger charge is -2.31. The van der Waals surface area contributed by atoms with Crippen LogP contribution in [0.5, 0.6) is 0 Å². The first-order valence-electron chi connectivity index (χ1n) is 10.7. The maximum Gasteiger partial charge on any atom is 0.253 e. The van der Waals surface area contributed by atoms with Crippen LogP contribution in [0.2, 0.25) is 0 Å². The zero-order chi connectivity index (χ0) is 22.2. The third-order valence-electron chi connectivity index (χ3n) is 5.88. The number of benzene rings is 2. The van der Waals surface area contributed by atoms with Crippen molar-refractivity contribution in [2.75, 3.05) is 18.9 Å². The second kappa shape index (κ2) is 8.05. The van der Waals surface area contributed by atoms with Gasteiger partial charge in [0.25, 0.3) is 5.95 Å². The van der Waals surface area contributed by atoms with E-state index in [-0.39, 0.29) is 0 Å². The predicted molar refractivity (Wildman–Crippen MR) is 124 cm³/mol. The van der Waals surface area contributed by atoms with Gasteiger partial charge in [-0.15, -0.1) is 0 Å². The summed E-state index contributed by atoms with van der Waals surface area (Å²) in [4.78, 5) is 23.9. The fourth-order valence-corrected chi connectivity index (χ4v) is 4.46. The Bertz CT molecular complexity index is 1300. The van der Waals surface area contributed by atoms with Crippen LogP contribution >= 0.6 is 0 Å². The van der Waals surface area contributed by atoms with Crippen LogP contribution in [0, 0.1) is 0 Å². The van der Waals surface area contributed by atoms with E-state index in [1.54, 1.807) is 23.0 Å². The minimum atomic E-state index is -0.484. The van der Waals surface area contributed by atoms with Gasteiger partial charge in [0.15, 0.2) is 0 Å². The second-order valence-corrected chi connectivity index (χ2v) is 8.33. The molecule has 0 saturated carbocycles. The monoisotopic (exact) mass is 427 g/mol. The first kappa shape index (κ1) is 20.1. The van der Waals surface area contributed by atoms with Crippen LogP contribution in [0.15, 0.2) is 54.7 Å². The Labute approximate surface area is 186 Å². The maximum absolute atomic E-state index is 11.8. The highest BCUT2D eigenvalue weighted by Crippen LogP contribution is 2.33. The molecule has 0 radical (unpaired) electrons. The van der Waals surface area contributed by atoms with Crippen LogP contribution in [0.25, 0.3) is 16.9 Å². The molecule has 5 rings (SSSR count). The molecule has 1 unspecified atom stereocenters. The zero-order valence-corrected chi connectivity index (χ0v) is 18.1. The lowest BCUT2D eigenvalue weighted by Crippen LogP contribution is -2.31. The Morgan fingerprint density at radius 1 is 1.16 bits per heavy atom. The summed E-state index contributed by atoms with van der Waals surface area (Å²) < 4.78 is 1.68. The first-order valence-corrected chi connectivity index (χ1v) is 10.7. The fraction of sp³-hybridized carbons (Fsp3) is 0.250. The van der Waals surface area contributed by atoms with E-state index in [0.29, 0.717) is 29.4 Å². The molecular formula is C24H25N7O. The van der Waals surface area contributed by atoms with E-state index in [2.05, 4.69) is 41.4 Å². The molecule has 0 saturated heterocycles. The van der Waals surface area contributed by atoms with Crippen molar-refractivity contribution in [3.05, 3.63) is 77.1 Å². The number of nitrogens with two attached hydrogens (primary N) is 1. The molecule has 3 heterocycles. The molecule has 0 spiro atoms. The minimum absolute atomic E-state index is 0.298. The number of rotatable bonds is 5. The molecule has 1 atom stereocenters. The van der Waals surface area contributed by atoms with Gasteiger partial charge >= 0.3 is 0 Å². The molecule has 4 aromatic rings. The third kappa shape index (κ3) is 3.58. The van der Waals surface area contributed by atoms with Crippen molar-refractivity contribution in [1.29, 1.82) is 0 Å². The number of fused-ring (bicyclic) bond motifs is 2. The van der Waals surface area contributed by atoms with Crippen molar-refractivity contribution in [2.24, 2.45) is 5.73 Å². The van der Waals surface area contributed by atoms with Crippen molar-refractivity contribution in [3.8, 4) is 5.95 Å². The predicted octanol–water partition coefficient (Wildman–Crippen LogP) is 3.08. The van der Waals surface area contributed by atoms with E-state index >= 15 is 0 Å². The second-order valence-electron chi connectivity index (χ2n) is 8.33. The van der Waals surface area contributed by atoms with Gasteiger partial charge in [-0.2, -0.15) is 14.8 Å². The number of nitrogens with zero attached hydrogens (tertiary/aromatic N) is 5. The van der Waals surface area contributed by atoms with Crippen LogP contribution < -0.4 is 11.1 Å². The summed E-state index contributed by atoms with van der Waals surface area (Å²) in [5.41, 5.74) is 10.0. The highest BCUT2D eigenvalue weighted by atomic mass is 16.1. The topological polar surface area (TPSA) is 102 Å². The van der Waals surface area contributed by atoms with E-state index < -0.39 is 5.91 Å². The van der Waals surface area contributed by atoms with Crippen molar-refractivity contribution >= 4 is 22.6 Å². The van der Waals surface area contributed by atoms with Gasteiger partial charge in [-0.3, -0.25) is 9.69 Å². The Balaban J connectivity index is 1.62. The molecule has 32 heavy (non-hydrogen) atoms. The molecule has 8 heteroatoms. The highest BCUT2D eigenvalue weighted by molar-refractivity contribution is 6.05. The van der Waals surface area contributed by atoms with Gasteiger partial charge in [-0.05, 0) is 30.7 Å². The molecule has 0 fully saturated rings. The number of aromatic nitrogens is 4. The van der Waals surface area contributed by atoms with Gasteiger partial charge in [0, 0.05) is 30.6 Å². The van der Waals surface area contributed by atoms with Gasteiger partial charge in [-0.25, -0.2) is 4.98 Å². The van der Waals surface area contributed by atoms with Gasteiger partial charge in [-0.1, -0.05) is 43.3 Å². The molecule has 1 amide bonds. The summed E-state index contributed by atoms with van der Waals surface area (Å²) in [6, 6.07) is 15.6. The van der Waals surface area contributed by atoms with Gasteiger partial charge in [0.1, 0.15) is 5.82 Å². The van der Waals surface area contributed by atoms with Crippen molar-refractivity contribution < 1.29 is 4.79 Å². The Morgan fingerprint density at radius 2 is 1.97 bits per heavy atom. The third-order valence-corrected chi connectivity index (χ3v) is 5.88. The summed E-state index contributed by atoms with van der Waals surface area (Å²) in [5, 5.41) is 8.71. The van der Waals surface area contributed by atoms with Crippen LogP contribution in [0.4, 0.5) is 5.82 Å². The maximum atomic E-state index is 11.8. The van der Waals surface area contributed by atoms with Gasteiger partial charge in [0.05, 0.1) is 23.0 Å². The number of carbonyl (C=O) groups excluding carboxylic acids is 1. The largest absolute Gasteiger partial charge is 0.366 e. The summed E-state index contributed by atoms with van der Waals surface area (Å²) in [7, 11) is 2.10. The Morgan fingerprint density at radius 3 is 2.75 bits per heavy atom. The summed E-state index contributed by atoms with van der Waals surface area (Å²) in [6.07, 6.45) is 1.64. The number of hydrogen-bond acceptors (Lipinski definition) is 6. The normalized spacial score (nSPS) is 16.1. The molecule has 1 aliphatic heterocycles. The number of anilines is 1. The van der Waals surface area contributed by atoms with Gasteiger partial charge < -0.3 is 11.1 Å². The molecule has 2 aromatic heterocycles. The molecule has 162 valence electrons. The standard InChI is InChI=1S/C24H25N7O/c1-15-13-30(2)14-19-21(15)23(26-11-16-7-4-3-5-8-16)29-24(28-19)31-20-10-6-9-17(22(25)32)18(20)12-27-31/h3-10,12,15H,11,13-14H2,1-2H3,(H2,25,32)(H,26,28,29). The summed E-state index contributed by atoms with van der Waals surface area (Å²) in [6.45, 7) is 4.55. The molecule has 0 aliphatic carbocycles. The summed E-state index contributed by atoms with van der Waals surface area (Å²) >= 11 is 0. The molecule has 3 N–H and O–H groups in total. The quantitative estimate of drug-likeness (QED) is 0.508. The van der Waals surface area contributed by atoms with Gasteiger partial charge in [0.2, 0.25) is 5.91 Å². The van der Waals surface area contributed by atoms with Crippen LogP contribution in [0.1, 0.15) is 40.0 Å². The number of hydrogen-bond donors (Lipinski definition) is 2. The molecular weight excluding hydrogens is 402 g/mol. The van der Waals surface area contributed by atoms with E-state index in [9.17, 15) is 4.79 Å². The number of primary amides is 1. The van der Waals surface area contributed by atoms with Crippen LogP contribution in [-0.4, -0.2) is 44.1 Å². The lowest BCUT2D eigenvalue weighted by atomic mass is 9.95. The Hall–Kier alpha value is -3.78. The number of carbonyl (C=O) groups is 1. The average molecular weight is 428 g/mol. The highest BCUT2D eigenvalue weighted by Gasteiger charge is 2.27. The molecule has 1 aliphatic rings. The molecule has 2 aromatic carbocycles. The summed E-state index contributed by atoms with van der Waals surface area (Å²) in [5.74, 6) is 1.11. The van der Waals surface area contributed by atoms with E-state index in [0.717, 1.165) is 35.7 Å². The lowest BCUT2D eigenvalue weighted by molar-refractivity contribution is 0.100. The van der Waals surface area contributed by atoms with E-state index in [1.165, 1.54) is 5.56 Å². The van der Waals surface area contributed by atoms with Crippen LogP contribution in [-0.2, 0) is 13.1 Å². The van der Waals surface area contributed by atoms with E-state index in [4.69, 9.17) is 15.7 Å². The van der Waals surface area contributed by atoms with Crippen molar-refractivity contribution in [1.82, 2.24) is 24.6 Å². The average Bonchev–Trinajstić information content (AvgIpc) is 3.21. The molecule has 0 bridgehead atoms. The fourth-order valence-electron chi connectivity index (χ4n) is 4.46. The van der Waals surface area contributed by atoms with Crippen molar-refractivity contribution in [2.45, 2.75) is 25.9 Å². The SMILES string of the molecule is CC1CN(C)Cc2nc(-n3ncc4c(C(N)=O)cccc43)nc(NCc3ccccc3)c21. The van der Waals surface area contributed by atoms with Crippen molar-refractivity contribution in [3.63, 3.8) is 0 Å². The van der Waals surface area contributed by atoms with Crippen LogP contribution in [0.3, 0.4) is 0 Å². The number of likely N-dealkylation sites (N-methyl/N-ethyl adjacent to an activating group) is 1. The smallest absolute Gasteiger partial charge is 0.253 e. The first-order chi connectivity index (χ1) is 15.5.